The Morgan fingerprint density at radius 3 is 2.39 bits per heavy atom. The van der Waals surface area contributed by atoms with E-state index in [9.17, 15) is 40.4 Å². The summed E-state index contributed by atoms with van der Waals surface area (Å²) in [6, 6.07) is 5.42. The van der Waals surface area contributed by atoms with Crippen LogP contribution in [0, 0.1) is 29.5 Å². The van der Waals surface area contributed by atoms with Crippen molar-refractivity contribution < 1.29 is 54.9 Å². The Balaban J connectivity index is 1.31. The summed E-state index contributed by atoms with van der Waals surface area (Å²) in [6.45, 7) is 0. The topological polar surface area (TPSA) is 148 Å². The van der Waals surface area contributed by atoms with E-state index in [0.29, 0.717) is 25.7 Å². The van der Waals surface area contributed by atoms with Crippen molar-refractivity contribution in [1.29, 1.82) is 0 Å². The Morgan fingerprint density at radius 1 is 1.02 bits per heavy atom. The Labute approximate surface area is 250 Å². The van der Waals surface area contributed by atoms with Crippen molar-refractivity contribution >= 4 is 33.3 Å². The van der Waals surface area contributed by atoms with Crippen LogP contribution >= 0.6 is 0 Å². The van der Waals surface area contributed by atoms with Gasteiger partial charge in [-0.2, -0.15) is 13.2 Å². The van der Waals surface area contributed by atoms with Gasteiger partial charge in [0.25, 0.3) is 15.7 Å². The van der Waals surface area contributed by atoms with Crippen LogP contribution in [0.25, 0.3) is 0 Å². The van der Waals surface area contributed by atoms with Crippen molar-refractivity contribution in [1.82, 2.24) is 5.32 Å². The van der Waals surface area contributed by atoms with Gasteiger partial charge < -0.3 is 25.2 Å². The molecule has 3 saturated carbocycles. The minimum atomic E-state index is -5.63. The van der Waals surface area contributed by atoms with Gasteiger partial charge in [-0.3, -0.25) is 14.4 Å². The Bertz CT molecular complexity index is 1580. The lowest BCUT2D eigenvalue weighted by Crippen LogP contribution is -2.48. The monoisotopic (exact) mass is 642 g/mol. The molecular weight excluding hydrogens is 612 g/mol. The van der Waals surface area contributed by atoms with Crippen LogP contribution in [0.15, 0.2) is 41.3 Å². The quantitative estimate of drug-likeness (QED) is 0.320. The Hall–Kier alpha value is -3.88. The highest BCUT2D eigenvalue weighted by molar-refractivity contribution is 7.92. The van der Waals surface area contributed by atoms with Crippen molar-refractivity contribution in [3.8, 4) is 11.5 Å². The van der Waals surface area contributed by atoms with Crippen LogP contribution in [-0.2, 0) is 19.4 Å². The molecule has 0 heterocycles. The van der Waals surface area contributed by atoms with Gasteiger partial charge in [-0.25, -0.2) is 12.8 Å². The average molecular weight is 643 g/mol. The number of alkyl halides is 3. The van der Waals surface area contributed by atoms with Gasteiger partial charge in [0, 0.05) is 24.2 Å². The van der Waals surface area contributed by atoms with E-state index in [0.717, 1.165) is 30.7 Å². The molecule has 10 nitrogen and oxygen atoms in total. The van der Waals surface area contributed by atoms with Crippen LogP contribution in [0.3, 0.4) is 0 Å². The molecular formula is C29H30F4N2O8S. The van der Waals surface area contributed by atoms with Crippen molar-refractivity contribution in [2.75, 3.05) is 12.4 Å². The predicted molar refractivity (Wildman–Crippen MR) is 146 cm³/mol. The fourth-order valence-electron chi connectivity index (χ4n) is 6.54. The number of anilines is 1. The molecule has 3 fully saturated rings. The number of rotatable bonds is 10. The maximum Gasteiger partial charge on any atom is 0.501 e. The van der Waals surface area contributed by atoms with Gasteiger partial charge in [0.1, 0.15) is 5.75 Å². The van der Waals surface area contributed by atoms with E-state index >= 15 is 0 Å². The molecule has 0 spiro atoms. The number of halogens is 4. The van der Waals surface area contributed by atoms with Crippen LogP contribution in [0.5, 0.6) is 11.5 Å². The first-order valence-electron chi connectivity index (χ1n) is 14.0. The lowest BCUT2D eigenvalue weighted by molar-refractivity contribution is -0.139. The number of aliphatic carboxylic acids is 1. The zero-order valence-electron chi connectivity index (χ0n) is 23.4. The molecule has 0 radical (unpaired) electrons. The third-order valence-electron chi connectivity index (χ3n) is 8.68. The Kier molecular flexibility index (Phi) is 8.53. The molecule has 2 aromatic rings. The zero-order valence-corrected chi connectivity index (χ0v) is 24.2. The smallest absolute Gasteiger partial charge is 0.496 e. The largest absolute Gasteiger partial charge is 0.501 e. The molecule has 4 unspecified atom stereocenters. The molecule has 3 aliphatic carbocycles. The van der Waals surface area contributed by atoms with Gasteiger partial charge in [-0.15, -0.1) is 0 Å². The number of carboxylic acids is 1. The van der Waals surface area contributed by atoms with E-state index < -0.39 is 61.9 Å². The van der Waals surface area contributed by atoms with Crippen LogP contribution in [0.1, 0.15) is 48.9 Å². The molecule has 5 rings (SSSR count). The van der Waals surface area contributed by atoms with E-state index in [4.69, 9.17) is 14.6 Å². The molecule has 3 aliphatic rings. The number of hydrogen-bond donors (Lipinski definition) is 3. The summed E-state index contributed by atoms with van der Waals surface area (Å²) in [6.07, 6.45) is 2.46. The highest BCUT2D eigenvalue weighted by Gasteiger charge is 2.52. The lowest BCUT2D eigenvalue weighted by atomic mass is 9.80. The van der Waals surface area contributed by atoms with Crippen molar-refractivity contribution in [3.63, 3.8) is 0 Å². The van der Waals surface area contributed by atoms with E-state index in [1.54, 1.807) is 0 Å². The number of benzene rings is 2. The molecule has 15 heteroatoms. The second-order valence-corrected chi connectivity index (χ2v) is 13.4. The summed E-state index contributed by atoms with van der Waals surface area (Å²) in [5.41, 5.74) is -5.70. The first-order chi connectivity index (χ1) is 20.7. The Morgan fingerprint density at radius 2 is 1.73 bits per heavy atom. The molecule has 0 aromatic heterocycles. The number of amides is 2. The highest BCUT2D eigenvalue weighted by atomic mass is 32.2. The minimum absolute atomic E-state index is 0.0189. The standard InChI is InChI=1S/C29H30F4N2O8S/c1-42-22-13-21(30)23(43-18-7-14(8-18)9-24(36)37)12-20(22)27(38)35-26-16-6-5-15(10-16)25(26)28(39)34-17-3-2-4-19(11-17)44(40,41)29(31,32)33/h2-4,11-16,18,25-26H,5-10H2,1H3,(H,34,39)(H,35,38)(H,36,37). The molecule has 4 atom stereocenters. The first-order valence-corrected chi connectivity index (χ1v) is 15.5. The predicted octanol–water partition coefficient (Wildman–Crippen LogP) is 4.54. The molecule has 2 aromatic carbocycles. The summed E-state index contributed by atoms with van der Waals surface area (Å²) < 4.78 is 88.5. The van der Waals surface area contributed by atoms with Crippen molar-refractivity contribution in [3.05, 3.63) is 47.8 Å². The normalized spacial score (nSPS) is 26.0. The molecule has 0 saturated heterocycles. The number of sulfone groups is 1. The van der Waals surface area contributed by atoms with Gasteiger partial charge >= 0.3 is 11.5 Å². The van der Waals surface area contributed by atoms with Crippen LogP contribution in [-0.4, -0.2) is 56.1 Å². The van der Waals surface area contributed by atoms with Crippen LogP contribution in [0.4, 0.5) is 23.2 Å². The number of ether oxygens (including phenoxy) is 2. The number of carbonyl (C=O) groups excluding carboxylic acids is 2. The summed E-state index contributed by atoms with van der Waals surface area (Å²) in [5.74, 6) is -4.26. The average Bonchev–Trinajstić information content (AvgIpc) is 3.53. The number of nitrogens with one attached hydrogen (secondary N) is 2. The lowest BCUT2D eigenvalue weighted by Gasteiger charge is -2.34. The van der Waals surface area contributed by atoms with Crippen LogP contribution < -0.4 is 20.1 Å². The summed E-state index contributed by atoms with van der Waals surface area (Å²) in [7, 11) is -4.37. The molecule has 238 valence electrons. The zero-order chi connectivity index (χ0) is 32.0. The minimum Gasteiger partial charge on any atom is -0.496 e. The fourth-order valence-corrected chi connectivity index (χ4v) is 7.35. The first kappa shape index (κ1) is 31.5. The summed E-state index contributed by atoms with van der Waals surface area (Å²) in [4.78, 5) is 36.8. The van der Waals surface area contributed by atoms with E-state index in [1.165, 1.54) is 19.2 Å². The van der Waals surface area contributed by atoms with Gasteiger partial charge in [0.2, 0.25) is 5.91 Å². The molecule has 3 N–H and O–H groups in total. The second kappa shape index (κ2) is 11.9. The number of hydrogen-bond acceptors (Lipinski definition) is 7. The number of carboxylic acid groups (broad SMARTS) is 1. The molecule has 2 amide bonds. The number of carbonyl (C=O) groups is 3. The molecule has 2 bridgehead atoms. The summed E-state index contributed by atoms with van der Waals surface area (Å²) >= 11 is 0. The van der Waals surface area contributed by atoms with E-state index in [2.05, 4.69) is 10.6 Å². The van der Waals surface area contributed by atoms with Crippen LogP contribution in [0.2, 0.25) is 0 Å². The second-order valence-electron chi connectivity index (χ2n) is 11.5. The molecule has 0 aliphatic heterocycles. The number of fused-ring (bicyclic) bond motifs is 2. The van der Waals surface area contributed by atoms with Crippen molar-refractivity contribution in [2.45, 2.75) is 61.1 Å². The third kappa shape index (κ3) is 6.19. The van der Waals surface area contributed by atoms with Gasteiger partial charge in [0.15, 0.2) is 11.6 Å². The third-order valence-corrected chi connectivity index (χ3v) is 10.2. The summed E-state index contributed by atoms with van der Waals surface area (Å²) in [5, 5.41) is 14.3. The van der Waals surface area contributed by atoms with E-state index in [-0.39, 0.29) is 46.9 Å². The van der Waals surface area contributed by atoms with Gasteiger partial charge in [-0.05, 0) is 74.1 Å². The maximum atomic E-state index is 14.8. The van der Waals surface area contributed by atoms with E-state index in [1.807, 2.05) is 0 Å². The van der Waals surface area contributed by atoms with Crippen molar-refractivity contribution in [2.24, 2.45) is 23.7 Å². The fraction of sp³-hybridized carbons (Fsp3) is 0.483. The molecule has 44 heavy (non-hydrogen) atoms. The van der Waals surface area contributed by atoms with Gasteiger partial charge in [-0.1, -0.05) is 6.07 Å². The number of methoxy groups -OCH3 is 1. The highest BCUT2D eigenvalue weighted by Crippen LogP contribution is 2.49. The maximum absolute atomic E-state index is 14.8. The SMILES string of the molecule is COc1cc(F)c(OC2CC(CC(=O)O)C2)cc1C(=O)NC1C2CCC(C2)C1C(=O)Nc1cccc(S(=O)(=O)C(F)(F)F)c1. The van der Waals surface area contributed by atoms with Gasteiger partial charge in [0.05, 0.1) is 29.6 Å².